The van der Waals surface area contributed by atoms with E-state index >= 15 is 0 Å². The van der Waals surface area contributed by atoms with Gasteiger partial charge in [0.1, 0.15) is 6.07 Å². The van der Waals surface area contributed by atoms with Crippen LogP contribution in [0.4, 0.5) is 5.69 Å². The van der Waals surface area contributed by atoms with Gasteiger partial charge in [-0.15, -0.1) is 0 Å². The predicted octanol–water partition coefficient (Wildman–Crippen LogP) is 1.30. The Labute approximate surface area is 65.7 Å². The third kappa shape index (κ3) is 1.30. The van der Waals surface area contributed by atoms with E-state index in [0.29, 0.717) is 5.69 Å². The van der Waals surface area contributed by atoms with Crippen LogP contribution in [-0.2, 0) is 0 Å². The molecule has 0 unspecified atom stereocenters. The van der Waals surface area contributed by atoms with Gasteiger partial charge in [0.15, 0.2) is 5.69 Å². The van der Waals surface area contributed by atoms with Gasteiger partial charge < -0.3 is 5.32 Å². The number of pyridine rings is 1. The van der Waals surface area contributed by atoms with E-state index in [1.54, 1.807) is 13.2 Å². The summed E-state index contributed by atoms with van der Waals surface area (Å²) in [5.74, 6) is 0. The summed E-state index contributed by atoms with van der Waals surface area (Å²) in [6, 6.07) is 3.88. The second-order valence-corrected chi connectivity index (χ2v) is 2.21. The summed E-state index contributed by atoms with van der Waals surface area (Å²) in [4.78, 5) is 3.91. The second kappa shape index (κ2) is 3.02. The van der Waals surface area contributed by atoms with E-state index in [1.165, 1.54) is 0 Å². The Balaban J connectivity index is 3.27. The minimum absolute atomic E-state index is 0.451. The van der Waals surface area contributed by atoms with Crippen LogP contribution in [0, 0.1) is 18.3 Å². The minimum atomic E-state index is 0.451. The molecule has 1 rings (SSSR count). The van der Waals surface area contributed by atoms with Crippen molar-refractivity contribution in [2.45, 2.75) is 6.92 Å². The van der Waals surface area contributed by atoms with Crippen LogP contribution in [0.25, 0.3) is 0 Å². The van der Waals surface area contributed by atoms with Gasteiger partial charge in [-0.25, -0.2) is 4.98 Å². The molecule has 0 atom stereocenters. The first-order valence-electron chi connectivity index (χ1n) is 3.33. The van der Waals surface area contributed by atoms with Gasteiger partial charge >= 0.3 is 0 Å². The summed E-state index contributed by atoms with van der Waals surface area (Å²) in [7, 11) is 1.78. The SMILES string of the molecule is CNc1c(C)ccnc1C#N. The summed E-state index contributed by atoms with van der Waals surface area (Å²) in [5, 5.41) is 11.6. The van der Waals surface area contributed by atoms with Gasteiger partial charge in [-0.1, -0.05) is 0 Å². The van der Waals surface area contributed by atoms with E-state index in [4.69, 9.17) is 5.26 Å². The molecule has 1 N–H and O–H groups in total. The molecular weight excluding hydrogens is 138 g/mol. The fourth-order valence-electron chi connectivity index (χ4n) is 0.959. The summed E-state index contributed by atoms with van der Waals surface area (Å²) >= 11 is 0. The number of nitriles is 1. The molecule has 0 spiro atoms. The predicted molar refractivity (Wildman–Crippen MR) is 43.2 cm³/mol. The lowest BCUT2D eigenvalue weighted by atomic mass is 10.2. The molecule has 3 nitrogen and oxygen atoms in total. The molecule has 0 aromatic carbocycles. The van der Waals surface area contributed by atoms with Gasteiger partial charge in [0.05, 0.1) is 5.69 Å². The lowest BCUT2D eigenvalue weighted by Gasteiger charge is -2.04. The van der Waals surface area contributed by atoms with Gasteiger partial charge in [-0.3, -0.25) is 0 Å². The highest BCUT2D eigenvalue weighted by atomic mass is 14.9. The van der Waals surface area contributed by atoms with Crippen molar-refractivity contribution in [3.05, 3.63) is 23.5 Å². The number of hydrogen-bond donors (Lipinski definition) is 1. The molecule has 0 saturated heterocycles. The van der Waals surface area contributed by atoms with Crippen molar-refractivity contribution in [3.8, 4) is 6.07 Å². The van der Waals surface area contributed by atoms with Crippen LogP contribution >= 0.6 is 0 Å². The average Bonchev–Trinajstić information content (AvgIpc) is 2.04. The molecule has 3 heteroatoms. The Morgan fingerprint density at radius 2 is 2.36 bits per heavy atom. The summed E-state index contributed by atoms with van der Waals surface area (Å²) in [6.07, 6.45) is 1.63. The summed E-state index contributed by atoms with van der Waals surface area (Å²) in [6.45, 7) is 1.94. The molecule has 1 aromatic heterocycles. The van der Waals surface area contributed by atoms with Crippen molar-refractivity contribution in [2.24, 2.45) is 0 Å². The number of nitrogens with one attached hydrogen (secondary N) is 1. The zero-order valence-electron chi connectivity index (χ0n) is 6.55. The standard InChI is InChI=1S/C8H9N3/c1-6-3-4-11-7(5-9)8(6)10-2/h3-4,10H,1-2H3. The van der Waals surface area contributed by atoms with Gasteiger partial charge in [0, 0.05) is 13.2 Å². The van der Waals surface area contributed by atoms with Crippen LogP contribution in [0.15, 0.2) is 12.3 Å². The Kier molecular flexibility index (Phi) is 2.07. The Morgan fingerprint density at radius 1 is 1.64 bits per heavy atom. The molecule has 1 heterocycles. The van der Waals surface area contributed by atoms with E-state index in [9.17, 15) is 0 Å². The highest BCUT2D eigenvalue weighted by molar-refractivity contribution is 5.58. The third-order valence-electron chi connectivity index (χ3n) is 1.52. The smallest absolute Gasteiger partial charge is 0.163 e. The number of rotatable bonds is 1. The van der Waals surface area contributed by atoms with E-state index in [1.807, 2.05) is 19.1 Å². The maximum Gasteiger partial charge on any atom is 0.163 e. The topological polar surface area (TPSA) is 48.7 Å². The molecule has 11 heavy (non-hydrogen) atoms. The molecule has 0 aliphatic carbocycles. The van der Waals surface area contributed by atoms with Crippen LogP contribution < -0.4 is 5.32 Å². The molecular formula is C8H9N3. The second-order valence-electron chi connectivity index (χ2n) is 2.21. The lowest BCUT2D eigenvalue weighted by molar-refractivity contribution is 1.22. The van der Waals surface area contributed by atoms with Crippen LogP contribution in [0.5, 0.6) is 0 Å². The highest BCUT2D eigenvalue weighted by Gasteiger charge is 2.02. The van der Waals surface area contributed by atoms with Gasteiger partial charge in [-0.05, 0) is 18.6 Å². The molecule has 0 bridgehead atoms. The van der Waals surface area contributed by atoms with Crippen molar-refractivity contribution >= 4 is 5.69 Å². The van der Waals surface area contributed by atoms with E-state index in [-0.39, 0.29) is 0 Å². The Morgan fingerprint density at radius 3 is 2.82 bits per heavy atom. The zero-order valence-corrected chi connectivity index (χ0v) is 6.55. The lowest BCUT2D eigenvalue weighted by Crippen LogP contribution is -1.97. The van der Waals surface area contributed by atoms with Gasteiger partial charge in [0.25, 0.3) is 0 Å². The third-order valence-corrected chi connectivity index (χ3v) is 1.52. The van der Waals surface area contributed by atoms with Gasteiger partial charge in [-0.2, -0.15) is 5.26 Å². The zero-order chi connectivity index (χ0) is 8.27. The molecule has 0 fully saturated rings. The summed E-state index contributed by atoms with van der Waals surface area (Å²) in [5.41, 5.74) is 2.31. The highest BCUT2D eigenvalue weighted by Crippen LogP contribution is 2.15. The van der Waals surface area contributed by atoms with E-state index in [2.05, 4.69) is 10.3 Å². The normalized spacial score (nSPS) is 8.82. The average molecular weight is 147 g/mol. The Bertz CT molecular complexity index is 299. The van der Waals surface area contributed by atoms with Gasteiger partial charge in [0.2, 0.25) is 0 Å². The first-order chi connectivity index (χ1) is 5.29. The number of aryl methyl sites for hydroxylation is 1. The van der Waals surface area contributed by atoms with Crippen LogP contribution in [0.1, 0.15) is 11.3 Å². The first kappa shape index (κ1) is 7.55. The van der Waals surface area contributed by atoms with E-state index < -0.39 is 0 Å². The van der Waals surface area contributed by atoms with Crippen molar-refractivity contribution in [3.63, 3.8) is 0 Å². The first-order valence-corrected chi connectivity index (χ1v) is 3.33. The van der Waals surface area contributed by atoms with Crippen molar-refractivity contribution in [1.82, 2.24) is 4.98 Å². The number of aromatic nitrogens is 1. The fraction of sp³-hybridized carbons (Fsp3) is 0.250. The molecule has 0 aliphatic heterocycles. The monoisotopic (exact) mass is 147 g/mol. The Hall–Kier alpha value is -1.56. The largest absolute Gasteiger partial charge is 0.386 e. The quantitative estimate of drug-likeness (QED) is 0.651. The number of hydrogen-bond acceptors (Lipinski definition) is 3. The van der Waals surface area contributed by atoms with Crippen LogP contribution in [0.2, 0.25) is 0 Å². The van der Waals surface area contributed by atoms with Crippen molar-refractivity contribution in [1.29, 1.82) is 5.26 Å². The molecule has 0 aliphatic rings. The molecule has 0 radical (unpaired) electrons. The van der Waals surface area contributed by atoms with Crippen LogP contribution in [-0.4, -0.2) is 12.0 Å². The molecule has 0 saturated carbocycles. The number of anilines is 1. The maximum absolute atomic E-state index is 8.62. The van der Waals surface area contributed by atoms with Crippen molar-refractivity contribution in [2.75, 3.05) is 12.4 Å². The number of nitrogens with zero attached hydrogens (tertiary/aromatic N) is 2. The van der Waals surface area contributed by atoms with E-state index in [0.717, 1.165) is 11.3 Å². The van der Waals surface area contributed by atoms with Crippen LogP contribution in [0.3, 0.4) is 0 Å². The molecule has 56 valence electrons. The maximum atomic E-state index is 8.62. The minimum Gasteiger partial charge on any atom is -0.386 e. The van der Waals surface area contributed by atoms with Crippen molar-refractivity contribution < 1.29 is 0 Å². The molecule has 0 amide bonds. The fourth-order valence-corrected chi connectivity index (χ4v) is 0.959. The summed E-state index contributed by atoms with van der Waals surface area (Å²) < 4.78 is 0. The molecule has 1 aromatic rings.